The zero-order chi connectivity index (χ0) is 13.0. The van der Waals surface area contributed by atoms with Crippen LogP contribution in [0.5, 0.6) is 0 Å². The molecule has 0 spiro atoms. The third kappa shape index (κ3) is 2.97. The molecule has 0 bridgehead atoms. The maximum Gasteiger partial charge on any atom is 0.271 e. The van der Waals surface area contributed by atoms with Crippen LogP contribution >= 0.6 is 0 Å². The van der Waals surface area contributed by atoms with Crippen molar-refractivity contribution in [2.75, 3.05) is 12.4 Å². The summed E-state index contributed by atoms with van der Waals surface area (Å²) in [4.78, 5) is 20.2. The summed E-state index contributed by atoms with van der Waals surface area (Å²) in [5.74, 6) is 1.07. The Balaban J connectivity index is 1.97. The normalized spacial score (nSPS) is 17.4. The van der Waals surface area contributed by atoms with Gasteiger partial charge in [0.2, 0.25) is 0 Å². The average Bonchev–Trinajstić information content (AvgIpc) is 2.92. The van der Waals surface area contributed by atoms with Crippen molar-refractivity contribution in [2.24, 2.45) is 5.92 Å². The molecule has 0 radical (unpaired) electrons. The lowest BCUT2D eigenvalue weighted by Gasteiger charge is -2.20. The van der Waals surface area contributed by atoms with E-state index < -0.39 is 0 Å². The molecule has 1 aliphatic rings. The largest absolute Gasteiger partial charge is 0.372 e. The quantitative estimate of drug-likeness (QED) is 0.853. The first kappa shape index (κ1) is 12.8. The minimum atomic E-state index is -0.140. The van der Waals surface area contributed by atoms with E-state index in [0.29, 0.717) is 17.4 Å². The second kappa shape index (κ2) is 5.80. The van der Waals surface area contributed by atoms with Gasteiger partial charge in [0.15, 0.2) is 0 Å². The summed E-state index contributed by atoms with van der Waals surface area (Å²) in [6.07, 6.45) is 8.07. The van der Waals surface area contributed by atoms with Crippen molar-refractivity contribution >= 4 is 11.7 Å². The first-order valence-corrected chi connectivity index (χ1v) is 6.51. The predicted octanol–water partition coefficient (Wildman–Crippen LogP) is 1.83. The fraction of sp³-hybridized carbons (Fsp3) is 0.615. The van der Waals surface area contributed by atoms with Crippen LogP contribution in [-0.2, 0) is 0 Å². The van der Waals surface area contributed by atoms with E-state index in [4.69, 9.17) is 0 Å². The summed E-state index contributed by atoms with van der Waals surface area (Å²) >= 11 is 0. The number of carbonyl (C=O) groups excluding carboxylic acids is 1. The van der Waals surface area contributed by atoms with Gasteiger partial charge in [-0.05, 0) is 25.7 Å². The molecule has 0 saturated heterocycles. The Labute approximate surface area is 107 Å². The first-order valence-electron chi connectivity index (χ1n) is 6.51. The van der Waals surface area contributed by atoms with Crippen LogP contribution < -0.4 is 10.6 Å². The van der Waals surface area contributed by atoms with Crippen LogP contribution in [0.4, 0.5) is 5.82 Å². The number of aromatic nitrogens is 2. The van der Waals surface area contributed by atoms with Crippen LogP contribution in [-0.4, -0.2) is 29.0 Å². The topological polar surface area (TPSA) is 66.9 Å². The van der Waals surface area contributed by atoms with E-state index >= 15 is 0 Å². The zero-order valence-corrected chi connectivity index (χ0v) is 10.9. The molecular formula is C13H20N4O. The number of hydrogen-bond donors (Lipinski definition) is 2. The van der Waals surface area contributed by atoms with Crippen molar-refractivity contribution in [1.29, 1.82) is 0 Å². The van der Waals surface area contributed by atoms with Crippen LogP contribution in [0.15, 0.2) is 12.4 Å². The van der Waals surface area contributed by atoms with E-state index in [1.54, 1.807) is 13.2 Å². The minimum absolute atomic E-state index is 0.140. The molecule has 1 saturated carbocycles. The lowest BCUT2D eigenvalue weighted by Crippen LogP contribution is -2.37. The van der Waals surface area contributed by atoms with Gasteiger partial charge in [-0.25, -0.2) is 4.98 Å². The SMILES string of the molecule is CNc1cncc(C(=O)NC(C)C2CCCC2)n1. The molecule has 0 aromatic carbocycles. The van der Waals surface area contributed by atoms with Gasteiger partial charge in [0.05, 0.1) is 12.4 Å². The highest BCUT2D eigenvalue weighted by Crippen LogP contribution is 2.27. The fourth-order valence-corrected chi connectivity index (χ4v) is 2.45. The van der Waals surface area contributed by atoms with E-state index in [1.807, 2.05) is 0 Å². The van der Waals surface area contributed by atoms with Crippen molar-refractivity contribution in [1.82, 2.24) is 15.3 Å². The van der Waals surface area contributed by atoms with Gasteiger partial charge in [-0.15, -0.1) is 0 Å². The molecule has 1 aromatic heterocycles. The molecule has 98 valence electrons. The summed E-state index contributed by atoms with van der Waals surface area (Å²) < 4.78 is 0. The molecule has 1 amide bonds. The van der Waals surface area contributed by atoms with Gasteiger partial charge in [0, 0.05) is 13.1 Å². The second-order valence-corrected chi connectivity index (χ2v) is 4.85. The van der Waals surface area contributed by atoms with E-state index in [2.05, 4.69) is 27.5 Å². The molecule has 1 heterocycles. The molecule has 5 nitrogen and oxygen atoms in total. The zero-order valence-electron chi connectivity index (χ0n) is 10.9. The van der Waals surface area contributed by atoms with Crippen molar-refractivity contribution < 1.29 is 4.79 Å². The summed E-state index contributed by atoms with van der Waals surface area (Å²) in [5, 5.41) is 5.90. The van der Waals surface area contributed by atoms with Gasteiger partial charge >= 0.3 is 0 Å². The predicted molar refractivity (Wildman–Crippen MR) is 70.5 cm³/mol. The average molecular weight is 248 g/mol. The summed E-state index contributed by atoms with van der Waals surface area (Å²) in [5.41, 5.74) is 0.367. The van der Waals surface area contributed by atoms with Gasteiger partial charge in [0.1, 0.15) is 11.5 Å². The Bertz CT molecular complexity index is 415. The van der Waals surface area contributed by atoms with Crippen molar-refractivity contribution in [2.45, 2.75) is 38.6 Å². The number of rotatable bonds is 4. The highest BCUT2D eigenvalue weighted by Gasteiger charge is 2.23. The third-order valence-electron chi connectivity index (χ3n) is 3.59. The summed E-state index contributed by atoms with van der Waals surface area (Å²) in [6.45, 7) is 2.07. The van der Waals surface area contributed by atoms with Crippen LogP contribution in [0.1, 0.15) is 43.1 Å². The number of nitrogens with one attached hydrogen (secondary N) is 2. The molecule has 0 aliphatic heterocycles. The Morgan fingerprint density at radius 2 is 2.11 bits per heavy atom. The Morgan fingerprint density at radius 3 is 2.78 bits per heavy atom. The van der Waals surface area contributed by atoms with Crippen LogP contribution in [0.25, 0.3) is 0 Å². The second-order valence-electron chi connectivity index (χ2n) is 4.85. The highest BCUT2D eigenvalue weighted by molar-refractivity contribution is 5.92. The maximum atomic E-state index is 12.0. The molecule has 2 N–H and O–H groups in total. The number of hydrogen-bond acceptors (Lipinski definition) is 4. The summed E-state index contributed by atoms with van der Waals surface area (Å²) in [6, 6.07) is 0.208. The summed E-state index contributed by atoms with van der Waals surface area (Å²) in [7, 11) is 1.76. The molecule has 1 atom stereocenters. The van der Waals surface area contributed by atoms with Crippen LogP contribution in [0.3, 0.4) is 0 Å². The van der Waals surface area contributed by atoms with Crippen LogP contribution in [0.2, 0.25) is 0 Å². The Kier molecular flexibility index (Phi) is 4.12. The Morgan fingerprint density at radius 1 is 1.39 bits per heavy atom. The number of nitrogens with zero attached hydrogens (tertiary/aromatic N) is 2. The third-order valence-corrected chi connectivity index (χ3v) is 3.59. The molecule has 1 unspecified atom stereocenters. The van der Waals surface area contributed by atoms with Gasteiger partial charge in [0.25, 0.3) is 5.91 Å². The molecule has 18 heavy (non-hydrogen) atoms. The molecule has 2 rings (SSSR count). The van der Waals surface area contributed by atoms with Crippen LogP contribution in [0, 0.1) is 5.92 Å². The monoisotopic (exact) mass is 248 g/mol. The molecule has 5 heteroatoms. The standard InChI is InChI=1S/C13H20N4O/c1-9(10-5-3-4-6-10)16-13(18)11-7-15-8-12(14-2)17-11/h7-10H,3-6H2,1-2H3,(H,14,17)(H,16,18). The van der Waals surface area contributed by atoms with Crippen molar-refractivity contribution in [3.63, 3.8) is 0 Å². The minimum Gasteiger partial charge on any atom is -0.372 e. The van der Waals surface area contributed by atoms with E-state index in [1.165, 1.54) is 31.9 Å². The maximum absolute atomic E-state index is 12.0. The lowest BCUT2D eigenvalue weighted by atomic mass is 10.00. The molecular weight excluding hydrogens is 228 g/mol. The molecule has 1 aromatic rings. The number of carbonyl (C=O) groups is 1. The first-order chi connectivity index (χ1) is 8.70. The van der Waals surface area contributed by atoms with E-state index in [9.17, 15) is 4.79 Å². The van der Waals surface area contributed by atoms with E-state index in [-0.39, 0.29) is 11.9 Å². The highest BCUT2D eigenvalue weighted by atomic mass is 16.1. The van der Waals surface area contributed by atoms with E-state index in [0.717, 1.165) is 0 Å². The smallest absolute Gasteiger partial charge is 0.271 e. The Hall–Kier alpha value is -1.65. The molecule has 1 fully saturated rings. The molecule has 1 aliphatic carbocycles. The van der Waals surface area contributed by atoms with Gasteiger partial charge in [-0.1, -0.05) is 12.8 Å². The van der Waals surface area contributed by atoms with Gasteiger partial charge < -0.3 is 10.6 Å². The number of anilines is 1. The van der Waals surface area contributed by atoms with Gasteiger partial charge in [-0.3, -0.25) is 9.78 Å². The van der Waals surface area contributed by atoms with Crippen molar-refractivity contribution in [3.8, 4) is 0 Å². The lowest BCUT2D eigenvalue weighted by molar-refractivity contribution is 0.0922. The fourth-order valence-electron chi connectivity index (χ4n) is 2.45. The van der Waals surface area contributed by atoms with Crippen molar-refractivity contribution in [3.05, 3.63) is 18.1 Å². The van der Waals surface area contributed by atoms with Gasteiger partial charge in [-0.2, -0.15) is 0 Å². The number of amides is 1.